The third-order valence-corrected chi connectivity index (χ3v) is 3.41. The first-order chi connectivity index (χ1) is 7.69. The smallest absolute Gasteiger partial charge is 0.0329 e. The highest BCUT2D eigenvalue weighted by molar-refractivity contribution is 9.10. The molecule has 1 aromatic rings. The highest BCUT2D eigenvalue weighted by atomic mass is 79.9. The number of rotatable bonds is 5. The number of halogens is 1. The largest absolute Gasteiger partial charge is 0.313 e. The fourth-order valence-electron chi connectivity index (χ4n) is 1.79. The molecule has 1 unspecified atom stereocenters. The van der Waals surface area contributed by atoms with Gasteiger partial charge in [0.1, 0.15) is 0 Å². The Morgan fingerprint density at radius 2 is 2.25 bits per heavy atom. The summed E-state index contributed by atoms with van der Waals surface area (Å²) in [4.78, 5) is 0. The molecule has 16 heavy (non-hydrogen) atoms. The predicted octanol–water partition coefficient (Wildman–Crippen LogP) is 3.82. The van der Waals surface area contributed by atoms with Crippen LogP contribution in [-0.4, -0.2) is 7.05 Å². The molecule has 0 aliphatic carbocycles. The summed E-state index contributed by atoms with van der Waals surface area (Å²) in [7, 11) is 2.00. The summed E-state index contributed by atoms with van der Waals surface area (Å²) in [5.74, 6) is 2.69. The maximum Gasteiger partial charge on any atom is 0.0329 e. The molecule has 0 heterocycles. The summed E-state index contributed by atoms with van der Waals surface area (Å²) < 4.78 is 1.16. The summed E-state index contributed by atoms with van der Waals surface area (Å²) in [6.45, 7) is 2.12. The second-order valence-corrected chi connectivity index (χ2v) is 4.82. The molecule has 0 saturated heterocycles. The minimum atomic E-state index is 0.377. The number of hydrogen-bond donors (Lipinski definition) is 1. The average Bonchev–Trinajstić information content (AvgIpc) is 2.28. The maximum absolute atomic E-state index is 5.27. The van der Waals surface area contributed by atoms with Gasteiger partial charge in [0.25, 0.3) is 0 Å². The van der Waals surface area contributed by atoms with Gasteiger partial charge in [-0.2, -0.15) is 0 Å². The van der Waals surface area contributed by atoms with Gasteiger partial charge in [-0.15, -0.1) is 12.3 Å². The Kier molecular flexibility index (Phi) is 5.59. The second-order valence-electron chi connectivity index (χ2n) is 3.96. The fraction of sp³-hybridized carbons (Fsp3) is 0.429. The van der Waals surface area contributed by atoms with E-state index in [1.54, 1.807) is 0 Å². The number of aryl methyl sites for hydroxylation is 1. The number of unbranched alkanes of at least 4 members (excludes halogenated alkanes) is 1. The van der Waals surface area contributed by atoms with Crippen LogP contribution >= 0.6 is 15.9 Å². The zero-order valence-electron chi connectivity index (χ0n) is 9.89. The lowest BCUT2D eigenvalue weighted by molar-refractivity contribution is 0.530. The van der Waals surface area contributed by atoms with Gasteiger partial charge in [-0.3, -0.25) is 0 Å². The molecule has 0 fully saturated rings. The monoisotopic (exact) mass is 279 g/mol. The van der Waals surface area contributed by atoms with Gasteiger partial charge >= 0.3 is 0 Å². The maximum atomic E-state index is 5.27. The van der Waals surface area contributed by atoms with Crippen molar-refractivity contribution in [2.45, 2.75) is 32.2 Å². The van der Waals surface area contributed by atoms with Gasteiger partial charge in [0.2, 0.25) is 0 Å². The highest BCUT2D eigenvalue weighted by Gasteiger charge is 2.11. The molecule has 0 bridgehead atoms. The number of hydrogen-bond acceptors (Lipinski definition) is 1. The Balaban J connectivity index is 2.78. The van der Waals surface area contributed by atoms with Gasteiger partial charge in [0, 0.05) is 16.9 Å². The van der Waals surface area contributed by atoms with Gasteiger partial charge in [-0.1, -0.05) is 33.6 Å². The van der Waals surface area contributed by atoms with E-state index in [0.29, 0.717) is 6.04 Å². The van der Waals surface area contributed by atoms with Gasteiger partial charge in [0.15, 0.2) is 0 Å². The summed E-state index contributed by atoms with van der Waals surface area (Å²) in [6.07, 6.45) is 8.25. The number of terminal acetylenes is 1. The number of nitrogens with one attached hydrogen (secondary N) is 1. The van der Waals surface area contributed by atoms with Crippen LogP contribution in [0, 0.1) is 19.3 Å². The lowest BCUT2D eigenvalue weighted by Gasteiger charge is -2.18. The van der Waals surface area contributed by atoms with E-state index >= 15 is 0 Å². The summed E-state index contributed by atoms with van der Waals surface area (Å²) in [6, 6.07) is 6.82. The van der Waals surface area contributed by atoms with Crippen molar-refractivity contribution in [2.75, 3.05) is 7.05 Å². The molecule has 1 aromatic carbocycles. The van der Waals surface area contributed by atoms with Gasteiger partial charge in [-0.05, 0) is 38.4 Å². The first-order valence-electron chi connectivity index (χ1n) is 5.55. The van der Waals surface area contributed by atoms with Gasteiger partial charge in [-0.25, -0.2) is 0 Å². The van der Waals surface area contributed by atoms with Crippen LogP contribution in [0.25, 0.3) is 0 Å². The van der Waals surface area contributed by atoms with Gasteiger partial charge < -0.3 is 5.32 Å². The normalized spacial score (nSPS) is 12.1. The Bertz CT molecular complexity index is 379. The fourth-order valence-corrected chi connectivity index (χ4v) is 2.32. The van der Waals surface area contributed by atoms with Crippen molar-refractivity contribution >= 4 is 15.9 Å². The third kappa shape index (κ3) is 3.66. The number of benzene rings is 1. The van der Waals surface area contributed by atoms with E-state index in [1.807, 2.05) is 7.05 Å². The van der Waals surface area contributed by atoms with Crippen LogP contribution in [-0.2, 0) is 0 Å². The molecular formula is C14H18BrN. The van der Waals surface area contributed by atoms with Crippen molar-refractivity contribution in [2.24, 2.45) is 0 Å². The molecule has 1 nitrogen and oxygen atoms in total. The van der Waals surface area contributed by atoms with Crippen LogP contribution < -0.4 is 5.32 Å². The van der Waals surface area contributed by atoms with Crippen LogP contribution in [0.5, 0.6) is 0 Å². The highest BCUT2D eigenvalue weighted by Crippen LogP contribution is 2.27. The van der Waals surface area contributed by atoms with E-state index in [2.05, 4.69) is 52.3 Å². The van der Waals surface area contributed by atoms with Crippen molar-refractivity contribution in [3.8, 4) is 12.3 Å². The molecule has 86 valence electrons. The molecule has 0 amide bonds. The molecule has 1 rings (SSSR count). The van der Waals surface area contributed by atoms with E-state index in [-0.39, 0.29) is 0 Å². The van der Waals surface area contributed by atoms with E-state index in [4.69, 9.17) is 6.42 Å². The quantitative estimate of drug-likeness (QED) is 0.638. The lowest BCUT2D eigenvalue weighted by Crippen LogP contribution is -2.16. The Morgan fingerprint density at radius 1 is 1.50 bits per heavy atom. The molecule has 1 atom stereocenters. The first-order valence-corrected chi connectivity index (χ1v) is 6.35. The lowest BCUT2D eigenvalue weighted by atomic mass is 9.99. The van der Waals surface area contributed by atoms with E-state index in [9.17, 15) is 0 Å². The van der Waals surface area contributed by atoms with Crippen molar-refractivity contribution in [3.63, 3.8) is 0 Å². The molecule has 2 heteroatoms. The molecule has 0 aliphatic heterocycles. The van der Waals surface area contributed by atoms with Crippen LogP contribution in [0.4, 0.5) is 0 Å². The van der Waals surface area contributed by atoms with Crippen LogP contribution in [0.3, 0.4) is 0 Å². The standard InChI is InChI=1S/C14H18BrN/c1-4-5-6-7-14(16-3)12-10-11(2)8-9-13(12)15/h1,8-10,14,16H,5-7H2,2-3H3. The minimum Gasteiger partial charge on any atom is -0.313 e. The van der Waals surface area contributed by atoms with Crippen LogP contribution in [0.1, 0.15) is 36.4 Å². The summed E-state index contributed by atoms with van der Waals surface area (Å²) in [5.41, 5.74) is 2.61. The van der Waals surface area contributed by atoms with E-state index < -0.39 is 0 Å². The summed E-state index contributed by atoms with van der Waals surface area (Å²) >= 11 is 3.60. The van der Waals surface area contributed by atoms with Gasteiger partial charge in [0.05, 0.1) is 0 Å². The third-order valence-electron chi connectivity index (χ3n) is 2.69. The van der Waals surface area contributed by atoms with Crippen LogP contribution in [0.15, 0.2) is 22.7 Å². The zero-order chi connectivity index (χ0) is 12.0. The van der Waals surface area contributed by atoms with Crippen molar-refractivity contribution in [1.82, 2.24) is 5.32 Å². The van der Waals surface area contributed by atoms with Crippen molar-refractivity contribution in [1.29, 1.82) is 0 Å². The van der Waals surface area contributed by atoms with Crippen molar-refractivity contribution in [3.05, 3.63) is 33.8 Å². The Hall–Kier alpha value is -0.780. The Morgan fingerprint density at radius 3 is 2.88 bits per heavy atom. The molecule has 0 aromatic heterocycles. The molecule has 0 radical (unpaired) electrons. The van der Waals surface area contributed by atoms with Crippen LogP contribution in [0.2, 0.25) is 0 Å². The summed E-state index contributed by atoms with van der Waals surface area (Å²) in [5, 5.41) is 3.35. The SMILES string of the molecule is C#CCCCC(NC)c1cc(C)ccc1Br. The zero-order valence-corrected chi connectivity index (χ0v) is 11.5. The first kappa shape index (κ1) is 13.3. The Labute approximate surface area is 107 Å². The second kappa shape index (κ2) is 6.73. The molecular weight excluding hydrogens is 262 g/mol. The minimum absolute atomic E-state index is 0.377. The van der Waals surface area contributed by atoms with Crippen molar-refractivity contribution < 1.29 is 0 Å². The predicted molar refractivity (Wildman–Crippen MR) is 73.4 cm³/mol. The molecule has 0 saturated carbocycles. The molecule has 1 N–H and O–H groups in total. The van der Waals surface area contributed by atoms with E-state index in [1.165, 1.54) is 11.1 Å². The average molecular weight is 280 g/mol. The topological polar surface area (TPSA) is 12.0 Å². The molecule has 0 aliphatic rings. The molecule has 0 spiro atoms. The van der Waals surface area contributed by atoms with E-state index in [0.717, 1.165) is 23.7 Å².